The maximum Gasteiger partial charge on any atom is 0.0421 e. The van der Waals surface area contributed by atoms with Crippen LogP contribution in [0.3, 0.4) is 0 Å². The molecule has 66 valence electrons. The summed E-state index contributed by atoms with van der Waals surface area (Å²) in [6, 6.07) is 0. The predicted molar refractivity (Wildman–Crippen MR) is 51.1 cm³/mol. The van der Waals surface area contributed by atoms with Crippen LogP contribution in [-0.2, 0) is 0 Å². The summed E-state index contributed by atoms with van der Waals surface area (Å²) < 4.78 is 0. The summed E-state index contributed by atoms with van der Waals surface area (Å²) in [7, 11) is 1.87. The van der Waals surface area contributed by atoms with E-state index in [1.54, 1.807) is 6.20 Å². The molecule has 0 aliphatic heterocycles. The van der Waals surface area contributed by atoms with Crippen molar-refractivity contribution in [3.63, 3.8) is 0 Å². The van der Waals surface area contributed by atoms with Crippen molar-refractivity contribution in [1.82, 2.24) is 0 Å². The zero-order valence-electron chi connectivity index (χ0n) is 7.59. The van der Waals surface area contributed by atoms with Crippen molar-refractivity contribution in [2.45, 2.75) is 25.7 Å². The Morgan fingerprint density at radius 1 is 1.58 bits per heavy atom. The molecule has 0 unspecified atom stereocenters. The van der Waals surface area contributed by atoms with Gasteiger partial charge in [0, 0.05) is 18.2 Å². The molecule has 0 aromatic carbocycles. The fourth-order valence-electron chi connectivity index (χ4n) is 2.85. The van der Waals surface area contributed by atoms with E-state index in [9.17, 15) is 0 Å². The van der Waals surface area contributed by atoms with Crippen molar-refractivity contribution < 1.29 is 0 Å². The van der Waals surface area contributed by atoms with E-state index >= 15 is 0 Å². The van der Waals surface area contributed by atoms with Crippen LogP contribution in [0.1, 0.15) is 25.7 Å². The smallest absolute Gasteiger partial charge is 0.0421 e. The minimum atomic E-state index is 0.440. The number of hydrogen-bond acceptors (Lipinski definition) is 2. The molecule has 0 radical (unpaired) electrons. The van der Waals surface area contributed by atoms with Crippen LogP contribution in [0.2, 0.25) is 0 Å². The molecule has 2 N–H and O–H groups in total. The van der Waals surface area contributed by atoms with Gasteiger partial charge < -0.3 is 5.73 Å². The molecule has 0 aromatic heterocycles. The minimum absolute atomic E-state index is 0.440. The first kappa shape index (κ1) is 7.84. The first-order chi connectivity index (χ1) is 5.80. The van der Waals surface area contributed by atoms with E-state index in [0.717, 1.165) is 5.92 Å². The Hall–Kier alpha value is -0.790. The maximum absolute atomic E-state index is 5.39. The zero-order chi connectivity index (χ0) is 8.60. The standard InChI is InChI=1S/C10H16N2/c1-12-9(3-5-11)10-4-2-8(6-10)7-10/h3,5,8H,2,4,6-7,11H2,1H3/b5-3-,12-9?. The van der Waals surface area contributed by atoms with Crippen molar-refractivity contribution in [3.8, 4) is 0 Å². The van der Waals surface area contributed by atoms with Gasteiger partial charge in [0.1, 0.15) is 0 Å². The van der Waals surface area contributed by atoms with E-state index in [2.05, 4.69) is 4.99 Å². The number of allylic oxidation sites excluding steroid dienone is 1. The molecule has 2 nitrogen and oxygen atoms in total. The van der Waals surface area contributed by atoms with Crippen LogP contribution >= 0.6 is 0 Å². The molecule has 12 heavy (non-hydrogen) atoms. The molecule has 3 rings (SSSR count). The van der Waals surface area contributed by atoms with Crippen molar-refractivity contribution in [3.05, 3.63) is 12.3 Å². The zero-order valence-corrected chi connectivity index (χ0v) is 7.59. The highest BCUT2D eigenvalue weighted by Crippen LogP contribution is 2.59. The predicted octanol–water partition coefficient (Wildman–Crippen LogP) is 1.72. The molecule has 2 bridgehead atoms. The Bertz CT molecular complexity index is 229. The van der Waals surface area contributed by atoms with Crippen LogP contribution in [0.4, 0.5) is 0 Å². The normalized spacial score (nSPS) is 40.4. The molecular weight excluding hydrogens is 148 g/mol. The van der Waals surface area contributed by atoms with Crippen LogP contribution < -0.4 is 5.73 Å². The number of fused-ring (bicyclic) bond motifs is 1. The van der Waals surface area contributed by atoms with Crippen molar-refractivity contribution >= 4 is 5.71 Å². The molecule has 0 amide bonds. The van der Waals surface area contributed by atoms with Gasteiger partial charge in [-0.3, -0.25) is 4.99 Å². The van der Waals surface area contributed by atoms with Gasteiger partial charge in [-0.2, -0.15) is 0 Å². The fraction of sp³-hybridized carbons (Fsp3) is 0.700. The molecule has 3 aliphatic rings. The van der Waals surface area contributed by atoms with Crippen LogP contribution in [0.15, 0.2) is 17.3 Å². The SMILES string of the molecule is CN=C(/C=C\N)C12CCC(C1)C2. The summed E-state index contributed by atoms with van der Waals surface area (Å²) in [5.41, 5.74) is 7.05. The molecule has 0 spiro atoms. The largest absolute Gasteiger partial charge is 0.405 e. The lowest BCUT2D eigenvalue weighted by molar-refractivity contribution is 0.235. The van der Waals surface area contributed by atoms with E-state index in [4.69, 9.17) is 5.73 Å². The Balaban J connectivity index is 2.17. The fourth-order valence-corrected chi connectivity index (χ4v) is 2.85. The second-order valence-electron chi connectivity index (χ2n) is 4.06. The monoisotopic (exact) mass is 164 g/mol. The van der Waals surface area contributed by atoms with Gasteiger partial charge in [0.15, 0.2) is 0 Å². The van der Waals surface area contributed by atoms with Crippen LogP contribution in [-0.4, -0.2) is 12.8 Å². The lowest BCUT2D eigenvalue weighted by Crippen LogP contribution is -2.35. The third kappa shape index (κ3) is 0.904. The van der Waals surface area contributed by atoms with Crippen LogP contribution in [0.25, 0.3) is 0 Å². The number of rotatable bonds is 2. The van der Waals surface area contributed by atoms with Gasteiger partial charge in [0.2, 0.25) is 0 Å². The second-order valence-corrected chi connectivity index (χ2v) is 4.06. The van der Waals surface area contributed by atoms with Gasteiger partial charge >= 0.3 is 0 Å². The Labute approximate surface area is 73.6 Å². The van der Waals surface area contributed by atoms with Gasteiger partial charge in [-0.15, -0.1) is 0 Å². The van der Waals surface area contributed by atoms with Crippen LogP contribution in [0, 0.1) is 11.3 Å². The summed E-state index contributed by atoms with van der Waals surface area (Å²) in [5.74, 6) is 0.993. The number of nitrogens with zero attached hydrogens (tertiary/aromatic N) is 1. The quantitative estimate of drug-likeness (QED) is 0.620. The Morgan fingerprint density at radius 2 is 2.33 bits per heavy atom. The molecule has 0 saturated heterocycles. The van der Waals surface area contributed by atoms with Crippen molar-refractivity contribution in [1.29, 1.82) is 0 Å². The van der Waals surface area contributed by atoms with Crippen LogP contribution in [0.5, 0.6) is 0 Å². The van der Waals surface area contributed by atoms with Gasteiger partial charge in [0.05, 0.1) is 0 Å². The number of aliphatic imine (C=N–C) groups is 1. The van der Waals surface area contributed by atoms with Gasteiger partial charge in [-0.05, 0) is 43.9 Å². The Kier molecular flexibility index (Phi) is 1.71. The van der Waals surface area contributed by atoms with Crippen molar-refractivity contribution in [2.24, 2.45) is 22.1 Å². The van der Waals surface area contributed by atoms with E-state index in [1.807, 2.05) is 13.1 Å². The molecule has 3 aliphatic carbocycles. The van der Waals surface area contributed by atoms with Gasteiger partial charge in [-0.1, -0.05) is 0 Å². The first-order valence-corrected chi connectivity index (χ1v) is 4.66. The lowest BCUT2D eigenvalue weighted by Gasteiger charge is -2.38. The average Bonchev–Trinajstić information content (AvgIpc) is 2.57. The average molecular weight is 164 g/mol. The van der Waals surface area contributed by atoms with E-state index < -0.39 is 0 Å². The molecule has 3 fully saturated rings. The summed E-state index contributed by atoms with van der Waals surface area (Å²) in [4.78, 5) is 4.32. The summed E-state index contributed by atoms with van der Waals surface area (Å²) in [6.07, 6.45) is 9.02. The van der Waals surface area contributed by atoms with Crippen molar-refractivity contribution in [2.75, 3.05) is 7.05 Å². The highest BCUT2D eigenvalue weighted by Gasteiger charge is 2.52. The molecule has 0 aromatic rings. The summed E-state index contributed by atoms with van der Waals surface area (Å²) >= 11 is 0. The van der Waals surface area contributed by atoms with E-state index in [-0.39, 0.29) is 0 Å². The highest BCUT2D eigenvalue weighted by molar-refractivity contribution is 6.00. The first-order valence-electron chi connectivity index (χ1n) is 4.66. The molecule has 0 atom stereocenters. The summed E-state index contributed by atoms with van der Waals surface area (Å²) in [5, 5.41) is 0. The second kappa shape index (κ2) is 2.61. The minimum Gasteiger partial charge on any atom is -0.405 e. The molecule has 2 heteroatoms. The topological polar surface area (TPSA) is 38.4 Å². The van der Waals surface area contributed by atoms with Gasteiger partial charge in [0.25, 0.3) is 0 Å². The van der Waals surface area contributed by atoms with Gasteiger partial charge in [-0.25, -0.2) is 0 Å². The van der Waals surface area contributed by atoms with E-state index in [1.165, 1.54) is 31.4 Å². The lowest BCUT2D eigenvalue weighted by atomic mass is 9.66. The highest BCUT2D eigenvalue weighted by atomic mass is 14.7. The summed E-state index contributed by atoms with van der Waals surface area (Å²) in [6.45, 7) is 0. The number of hydrogen-bond donors (Lipinski definition) is 1. The maximum atomic E-state index is 5.39. The molecular formula is C10H16N2. The Morgan fingerprint density at radius 3 is 2.75 bits per heavy atom. The third-order valence-electron chi connectivity index (χ3n) is 3.43. The van der Waals surface area contributed by atoms with E-state index in [0.29, 0.717) is 5.41 Å². The third-order valence-corrected chi connectivity index (χ3v) is 3.43. The number of nitrogens with two attached hydrogens (primary N) is 1. The molecule has 0 heterocycles. The molecule has 3 saturated carbocycles.